The molecule has 0 radical (unpaired) electrons. The first-order valence-corrected chi connectivity index (χ1v) is 7.22. The Balaban J connectivity index is 3.10. The summed E-state index contributed by atoms with van der Waals surface area (Å²) in [5, 5.41) is 0. The zero-order chi connectivity index (χ0) is 16.5. The van der Waals surface area contributed by atoms with Crippen molar-refractivity contribution in [1.29, 1.82) is 0 Å². The van der Waals surface area contributed by atoms with E-state index in [9.17, 15) is 14.4 Å². The fourth-order valence-corrected chi connectivity index (χ4v) is 1.74. The number of rotatable bonds is 7. The van der Waals surface area contributed by atoms with Crippen molar-refractivity contribution < 1.29 is 28.6 Å². The number of benzene rings is 1. The molecule has 6 nitrogen and oxygen atoms in total. The number of carbonyl (C=O) groups excluding carboxylic acids is 3. The van der Waals surface area contributed by atoms with Crippen molar-refractivity contribution in [3.63, 3.8) is 0 Å². The normalized spacial score (nSPS) is 9.95. The summed E-state index contributed by atoms with van der Waals surface area (Å²) in [6, 6.07) is 4.15. The number of esters is 3. The minimum Gasteiger partial charge on any atom is -0.462 e. The molecule has 1 rings (SSSR count). The van der Waals surface area contributed by atoms with Gasteiger partial charge in [0.1, 0.15) is 5.75 Å². The Morgan fingerprint density at radius 2 is 1.50 bits per heavy atom. The summed E-state index contributed by atoms with van der Waals surface area (Å²) in [6.07, 6.45) is 0.929. The molecule has 0 amide bonds. The fraction of sp³-hybridized carbons (Fsp3) is 0.438. The Kier molecular flexibility index (Phi) is 7.08. The molecule has 0 aliphatic rings. The van der Waals surface area contributed by atoms with E-state index in [1.807, 2.05) is 6.92 Å². The zero-order valence-corrected chi connectivity index (χ0v) is 13.0. The van der Waals surface area contributed by atoms with E-state index in [-0.39, 0.29) is 36.5 Å². The predicted octanol–water partition coefficient (Wildman–Crippen LogP) is 2.75. The molecule has 1 aromatic carbocycles. The SMILES string of the molecule is CCCC(=O)Oc1ccc(C(=O)OCC)c(C(=O)OCC)c1. The Labute approximate surface area is 129 Å². The van der Waals surface area contributed by atoms with Crippen molar-refractivity contribution in [1.82, 2.24) is 0 Å². The van der Waals surface area contributed by atoms with Crippen LogP contribution in [0.25, 0.3) is 0 Å². The van der Waals surface area contributed by atoms with E-state index in [0.717, 1.165) is 0 Å². The van der Waals surface area contributed by atoms with Crippen LogP contribution in [0, 0.1) is 0 Å². The Hall–Kier alpha value is -2.37. The van der Waals surface area contributed by atoms with Gasteiger partial charge in [0.15, 0.2) is 0 Å². The highest BCUT2D eigenvalue weighted by atomic mass is 16.5. The molecule has 0 unspecified atom stereocenters. The van der Waals surface area contributed by atoms with E-state index in [4.69, 9.17) is 14.2 Å². The van der Waals surface area contributed by atoms with Crippen LogP contribution in [0.1, 0.15) is 54.3 Å². The first-order valence-electron chi connectivity index (χ1n) is 7.22. The average molecular weight is 308 g/mol. The maximum Gasteiger partial charge on any atom is 0.339 e. The van der Waals surface area contributed by atoms with Crippen LogP contribution in [0.3, 0.4) is 0 Å². The van der Waals surface area contributed by atoms with Gasteiger partial charge in [-0.05, 0) is 38.5 Å². The van der Waals surface area contributed by atoms with Crippen LogP contribution in [0.15, 0.2) is 18.2 Å². The van der Waals surface area contributed by atoms with Gasteiger partial charge < -0.3 is 14.2 Å². The lowest BCUT2D eigenvalue weighted by atomic mass is 10.1. The molecule has 0 bridgehead atoms. The standard InChI is InChI=1S/C16H20O6/c1-4-7-14(17)22-11-8-9-12(15(18)20-5-2)13(10-11)16(19)21-6-3/h8-10H,4-7H2,1-3H3. The minimum atomic E-state index is -0.668. The van der Waals surface area contributed by atoms with Crippen molar-refractivity contribution in [2.24, 2.45) is 0 Å². The van der Waals surface area contributed by atoms with Gasteiger partial charge in [0.05, 0.1) is 24.3 Å². The molecule has 6 heteroatoms. The minimum absolute atomic E-state index is 0.0158. The van der Waals surface area contributed by atoms with Gasteiger partial charge in [0.2, 0.25) is 0 Å². The third-order valence-electron chi connectivity index (χ3n) is 2.67. The van der Waals surface area contributed by atoms with Crippen molar-refractivity contribution in [2.45, 2.75) is 33.6 Å². The number of carbonyl (C=O) groups is 3. The van der Waals surface area contributed by atoms with Gasteiger partial charge in [0.25, 0.3) is 0 Å². The topological polar surface area (TPSA) is 78.9 Å². The highest BCUT2D eigenvalue weighted by molar-refractivity contribution is 6.03. The van der Waals surface area contributed by atoms with Crippen LogP contribution >= 0.6 is 0 Å². The smallest absolute Gasteiger partial charge is 0.339 e. The first kappa shape index (κ1) is 17.7. The molecular formula is C16H20O6. The lowest BCUT2D eigenvalue weighted by Crippen LogP contribution is -2.15. The summed E-state index contributed by atoms with van der Waals surface area (Å²) in [5.74, 6) is -1.51. The quantitative estimate of drug-likeness (QED) is 0.569. The van der Waals surface area contributed by atoms with E-state index in [2.05, 4.69) is 0 Å². The highest BCUT2D eigenvalue weighted by Crippen LogP contribution is 2.20. The lowest BCUT2D eigenvalue weighted by molar-refractivity contribution is -0.134. The van der Waals surface area contributed by atoms with E-state index in [0.29, 0.717) is 6.42 Å². The monoisotopic (exact) mass is 308 g/mol. The van der Waals surface area contributed by atoms with Gasteiger partial charge in [-0.2, -0.15) is 0 Å². The van der Waals surface area contributed by atoms with Crippen LogP contribution < -0.4 is 4.74 Å². The Morgan fingerprint density at radius 3 is 2.05 bits per heavy atom. The predicted molar refractivity (Wildman–Crippen MR) is 78.9 cm³/mol. The number of ether oxygens (including phenoxy) is 3. The van der Waals surface area contributed by atoms with Crippen LogP contribution in [-0.4, -0.2) is 31.1 Å². The molecule has 0 saturated heterocycles. The molecule has 0 aliphatic heterocycles. The van der Waals surface area contributed by atoms with Gasteiger partial charge >= 0.3 is 17.9 Å². The molecule has 0 heterocycles. The second-order valence-electron chi connectivity index (χ2n) is 4.37. The summed E-state index contributed by atoms with van der Waals surface area (Å²) in [7, 11) is 0. The van der Waals surface area contributed by atoms with Gasteiger partial charge in [0, 0.05) is 6.42 Å². The van der Waals surface area contributed by atoms with Gasteiger partial charge in [-0.15, -0.1) is 0 Å². The van der Waals surface area contributed by atoms with Crippen LogP contribution in [0.5, 0.6) is 5.75 Å². The maximum absolute atomic E-state index is 12.0. The van der Waals surface area contributed by atoms with Crippen molar-refractivity contribution >= 4 is 17.9 Å². The highest BCUT2D eigenvalue weighted by Gasteiger charge is 2.20. The van der Waals surface area contributed by atoms with Crippen molar-refractivity contribution in [3.05, 3.63) is 29.3 Å². The van der Waals surface area contributed by atoms with E-state index in [1.165, 1.54) is 18.2 Å². The second kappa shape index (κ2) is 8.81. The molecule has 1 aromatic rings. The molecular weight excluding hydrogens is 288 g/mol. The Bertz CT molecular complexity index is 550. The third-order valence-corrected chi connectivity index (χ3v) is 2.67. The molecule has 0 spiro atoms. The van der Waals surface area contributed by atoms with E-state index in [1.54, 1.807) is 13.8 Å². The van der Waals surface area contributed by atoms with Gasteiger partial charge in [-0.25, -0.2) is 9.59 Å². The molecule has 0 aromatic heterocycles. The van der Waals surface area contributed by atoms with E-state index >= 15 is 0 Å². The average Bonchev–Trinajstić information content (AvgIpc) is 2.47. The zero-order valence-electron chi connectivity index (χ0n) is 13.0. The van der Waals surface area contributed by atoms with Gasteiger partial charge in [-0.3, -0.25) is 4.79 Å². The van der Waals surface area contributed by atoms with Crippen LogP contribution in [0.2, 0.25) is 0 Å². The third kappa shape index (κ3) is 4.87. The first-order chi connectivity index (χ1) is 10.5. The fourth-order valence-electron chi connectivity index (χ4n) is 1.74. The summed E-state index contributed by atoms with van der Waals surface area (Å²) in [4.78, 5) is 35.4. The number of hydrogen-bond donors (Lipinski definition) is 0. The number of hydrogen-bond acceptors (Lipinski definition) is 6. The van der Waals surface area contributed by atoms with Crippen molar-refractivity contribution in [3.8, 4) is 5.75 Å². The molecule has 0 N–H and O–H groups in total. The summed E-state index contributed by atoms with van der Waals surface area (Å²) in [6.45, 7) is 5.54. The van der Waals surface area contributed by atoms with E-state index < -0.39 is 17.9 Å². The molecule has 22 heavy (non-hydrogen) atoms. The summed E-state index contributed by atoms with van der Waals surface area (Å²) in [5.41, 5.74) is 0.0951. The molecule has 0 fully saturated rings. The summed E-state index contributed by atoms with van der Waals surface area (Å²) < 4.78 is 14.9. The molecule has 0 atom stereocenters. The van der Waals surface area contributed by atoms with Crippen LogP contribution in [-0.2, 0) is 14.3 Å². The molecule has 120 valence electrons. The molecule has 0 aliphatic carbocycles. The Morgan fingerprint density at radius 1 is 0.909 bits per heavy atom. The summed E-state index contributed by atoms with van der Waals surface area (Å²) >= 11 is 0. The van der Waals surface area contributed by atoms with Gasteiger partial charge in [-0.1, -0.05) is 6.92 Å². The maximum atomic E-state index is 12.0. The second-order valence-corrected chi connectivity index (χ2v) is 4.37. The molecule has 0 saturated carbocycles. The van der Waals surface area contributed by atoms with Crippen LogP contribution in [0.4, 0.5) is 0 Å². The largest absolute Gasteiger partial charge is 0.462 e. The van der Waals surface area contributed by atoms with Crippen molar-refractivity contribution in [2.75, 3.05) is 13.2 Å². The lowest BCUT2D eigenvalue weighted by Gasteiger charge is -2.10.